The third-order valence-electron chi connectivity index (χ3n) is 5.21. The minimum Gasteiger partial charge on any atom is -0.378 e. The van der Waals surface area contributed by atoms with Crippen LogP contribution >= 0.6 is 0 Å². The van der Waals surface area contributed by atoms with E-state index in [1.54, 1.807) is 11.1 Å². The molecule has 1 amide bonds. The van der Waals surface area contributed by atoms with E-state index in [0.29, 0.717) is 44.4 Å². The highest BCUT2D eigenvalue weighted by Crippen LogP contribution is 2.23. The molecule has 1 fully saturated rings. The van der Waals surface area contributed by atoms with Gasteiger partial charge in [0, 0.05) is 36.2 Å². The van der Waals surface area contributed by atoms with E-state index in [2.05, 4.69) is 52.3 Å². The quantitative estimate of drug-likeness (QED) is 0.712. The van der Waals surface area contributed by atoms with Crippen molar-refractivity contribution < 1.29 is 9.53 Å². The van der Waals surface area contributed by atoms with Crippen LogP contribution in [0.25, 0.3) is 10.9 Å². The molecule has 1 aromatic carbocycles. The SMILES string of the molecule is CCc1[nH]c2ccc(CNc3cncc(C(=O)N4CCOCC4)n3)cc2c1C. The molecule has 3 aromatic rings. The second kappa shape index (κ2) is 7.98. The Morgan fingerprint density at radius 1 is 1.29 bits per heavy atom. The molecular formula is C21H25N5O2. The topological polar surface area (TPSA) is 83.1 Å². The molecule has 0 bridgehead atoms. The first-order chi connectivity index (χ1) is 13.7. The Hall–Kier alpha value is -2.93. The number of rotatable bonds is 5. The molecule has 1 aliphatic heterocycles. The van der Waals surface area contributed by atoms with Crippen LogP contribution in [0.3, 0.4) is 0 Å². The molecule has 3 heterocycles. The normalized spacial score (nSPS) is 14.4. The van der Waals surface area contributed by atoms with E-state index >= 15 is 0 Å². The second-order valence-corrected chi connectivity index (χ2v) is 7.01. The monoisotopic (exact) mass is 379 g/mol. The Morgan fingerprint density at radius 3 is 2.89 bits per heavy atom. The number of benzene rings is 1. The summed E-state index contributed by atoms with van der Waals surface area (Å²) in [7, 11) is 0. The Morgan fingerprint density at radius 2 is 2.11 bits per heavy atom. The Kier molecular flexibility index (Phi) is 5.25. The molecule has 28 heavy (non-hydrogen) atoms. The summed E-state index contributed by atoms with van der Waals surface area (Å²) < 4.78 is 5.30. The first-order valence-corrected chi connectivity index (χ1v) is 9.68. The molecule has 0 saturated carbocycles. The lowest BCUT2D eigenvalue weighted by Gasteiger charge is -2.26. The number of anilines is 1. The van der Waals surface area contributed by atoms with Crippen LogP contribution in [-0.2, 0) is 17.7 Å². The van der Waals surface area contributed by atoms with Crippen LogP contribution in [0.15, 0.2) is 30.6 Å². The average molecular weight is 379 g/mol. The first-order valence-electron chi connectivity index (χ1n) is 9.68. The van der Waals surface area contributed by atoms with Crippen molar-refractivity contribution in [3.05, 3.63) is 53.1 Å². The van der Waals surface area contributed by atoms with E-state index in [0.717, 1.165) is 17.5 Å². The number of hydrogen-bond donors (Lipinski definition) is 2. The van der Waals surface area contributed by atoms with Gasteiger partial charge in [0.25, 0.3) is 5.91 Å². The van der Waals surface area contributed by atoms with Gasteiger partial charge in [-0.25, -0.2) is 4.98 Å². The number of H-pyrrole nitrogens is 1. The van der Waals surface area contributed by atoms with Gasteiger partial charge in [-0.2, -0.15) is 0 Å². The maximum atomic E-state index is 12.6. The number of aryl methyl sites for hydroxylation is 2. The van der Waals surface area contributed by atoms with E-state index in [1.165, 1.54) is 22.8 Å². The fourth-order valence-corrected chi connectivity index (χ4v) is 3.57. The number of carbonyl (C=O) groups is 1. The fourth-order valence-electron chi connectivity index (χ4n) is 3.57. The number of ether oxygens (including phenoxy) is 1. The summed E-state index contributed by atoms with van der Waals surface area (Å²) in [6, 6.07) is 6.41. The summed E-state index contributed by atoms with van der Waals surface area (Å²) in [5.41, 5.74) is 5.26. The molecule has 146 valence electrons. The third-order valence-corrected chi connectivity index (χ3v) is 5.21. The summed E-state index contributed by atoms with van der Waals surface area (Å²) in [6.45, 7) is 7.24. The predicted molar refractivity (Wildman–Crippen MR) is 108 cm³/mol. The number of nitrogens with zero attached hydrogens (tertiary/aromatic N) is 3. The van der Waals surface area contributed by atoms with Crippen molar-refractivity contribution in [1.29, 1.82) is 0 Å². The molecule has 0 atom stereocenters. The lowest BCUT2D eigenvalue weighted by Crippen LogP contribution is -2.41. The molecule has 2 N–H and O–H groups in total. The summed E-state index contributed by atoms with van der Waals surface area (Å²) in [6.07, 6.45) is 4.16. The molecule has 0 radical (unpaired) electrons. The Labute approximate surface area is 164 Å². The first kappa shape index (κ1) is 18.4. The van der Waals surface area contributed by atoms with E-state index in [1.807, 2.05) is 0 Å². The lowest BCUT2D eigenvalue weighted by molar-refractivity contribution is 0.0299. The van der Waals surface area contributed by atoms with Gasteiger partial charge < -0.3 is 19.9 Å². The van der Waals surface area contributed by atoms with Crippen LogP contribution in [0.5, 0.6) is 0 Å². The number of morpholine rings is 1. The van der Waals surface area contributed by atoms with E-state index in [9.17, 15) is 4.79 Å². The molecule has 1 aliphatic rings. The van der Waals surface area contributed by atoms with Gasteiger partial charge in [0.1, 0.15) is 11.5 Å². The molecule has 0 unspecified atom stereocenters. The number of carbonyl (C=O) groups excluding carboxylic acids is 1. The van der Waals surface area contributed by atoms with Gasteiger partial charge in [0.2, 0.25) is 0 Å². The van der Waals surface area contributed by atoms with Gasteiger partial charge in [-0.15, -0.1) is 0 Å². The maximum Gasteiger partial charge on any atom is 0.274 e. The van der Waals surface area contributed by atoms with Crippen molar-refractivity contribution >= 4 is 22.6 Å². The summed E-state index contributed by atoms with van der Waals surface area (Å²) in [5.74, 6) is 0.496. The van der Waals surface area contributed by atoms with Gasteiger partial charge in [-0.05, 0) is 36.6 Å². The van der Waals surface area contributed by atoms with Crippen molar-refractivity contribution in [2.24, 2.45) is 0 Å². The van der Waals surface area contributed by atoms with Crippen molar-refractivity contribution in [3.63, 3.8) is 0 Å². The van der Waals surface area contributed by atoms with Crippen LogP contribution in [-0.4, -0.2) is 52.1 Å². The molecule has 0 aliphatic carbocycles. The van der Waals surface area contributed by atoms with Gasteiger partial charge in [0.05, 0.1) is 25.6 Å². The standard InChI is InChI=1S/C21H25N5O2/c1-3-17-14(2)16-10-15(4-5-18(16)24-17)11-23-20-13-22-12-19(25-20)21(27)26-6-8-28-9-7-26/h4-5,10,12-13,24H,3,6-9,11H2,1-2H3,(H,23,25). The van der Waals surface area contributed by atoms with Gasteiger partial charge in [0.15, 0.2) is 0 Å². The smallest absolute Gasteiger partial charge is 0.274 e. The summed E-state index contributed by atoms with van der Waals surface area (Å²) in [5, 5.41) is 4.53. The molecule has 2 aromatic heterocycles. The fraction of sp³-hybridized carbons (Fsp3) is 0.381. The Balaban J connectivity index is 1.47. The van der Waals surface area contributed by atoms with Crippen molar-refractivity contribution in [2.45, 2.75) is 26.8 Å². The van der Waals surface area contributed by atoms with Gasteiger partial charge >= 0.3 is 0 Å². The predicted octanol–water partition coefficient (Wildman–Crippen LogP) is 2.91. The zero-order valence-electron chi connectivity index (χ0n) is 16.3. The van der Waals surface area contributed by atoms with Crippen LogP contribution in [0.1, 0.15) is 34.2 Å². The highest BCUT2D eigenvalue weighted by atomic mass is 16.5. The van der Waals surface area contributed by atoms with E-state index < -0.39 is 0 Å². The van der Waals surface area contributed by atoms with E-state index in [-0.39, 0.29) is 5.91 Å². The van der Waals surface area contributed by atoms with Gasteiger partial charge in [-0.3, -0.25) is 9.78 Å². The minimum atomic E-state index is -0.101. The molecule has 1 saturated heterocycles. The van der Waals surface area contributed by atoms with Crippen molar-refractivity contribution in [3.8, 4) is 0 Å². The molecule has 4 rings (SSSR count). The van der Waals surface area contributed by atoms with E-state index in [4.69, 9.17) is 4.74 Å². The maximum absolute atomic E-state index is 12.6. The lowest BCUT2D eigenvalue weighted by atomic mass is 10.1. The van der Waals surface area contributed by atoms with Crippen molar-refractivity contribution in [1.82, 2.24) is 19.9 Å². The number of amides is 1. The molecular weight excluding hydrogens is 354 g/mol. The van der Waals surface area contributed by atoms with Gasteiger partial charge in [-0.1, -0.05) is 13.0 Å². The summed E-state index contributed by atoms with van der Waals surface area (Å²) in [4.78, 5) is 26.4. The van der Waals surface area contributed by atoms with Crippen LogP contribution in [0.4, 0.5) is 5.82 Å². The van der Waals surface area contributed by atoms with Crippen LogP contribution < -0.4 is 5.32 Å². The zero-order chi connectivity index (χ0) is 19.5. The number of nitrogens with one attached hydrogen (secondary N) is 2. The summed E-state index contributed by atoms with van der Waals surface area (Å²) >= 11 is 0. The third kappa shape index (κ3) is 3.71. The van der Waals surface area contributed by atoms with Crippen LogP contribution in [0, 0.1) is 6.92 Å². The number of aromatic amines is 1. The highest BCUT2D eigenvalue weighted by Gasteiger charge is 2.20. The number of hydrogen-bond acceptors (Lipinski definition) is 5. The second-order valence-electron chi connectivity index (χ2n) is 7.01. The average Bonchev–Trinajstić information content (AvgIpc) is 3.08. The molecule has 7 nitrogen and oxygen atoms in total. The largest absolute Gasteiger partial charge is 0.378 e. The van der Waals surface area contributed by atoms with Crippen molar-refractivity contribution in [2.75, 3.05) is 31.6 Å². The zero-order valence-corrected chi connectivity index (χ0v) is 16.3. The van der Waals surface area contributed by atoms with Crippen LogP contribution in [0.2, 0.25) is 0 Å². The minimum absolute atomic E-state index is 0.101. The molecule has 7 heteroatoms. The number of aromatic nitrogens is 3. The molecule has 0 spiro atoms. The number of fused-ring (bicyclic) bond motifs is 1. The highest BCUT2D eigenvalue weighted by molar-refractivity contribution is 5.92. The Bertz CT molecular complexity index is 992.